The van der Waals surface area contributed by atoms with Crippen LogP contribution < -0.4 is 5.32 Å². The molecule has 0 radical (unpaired) electrons. The van der Waals surface area contributed by atoms with E-state index in [4.69, 9.17) is 0 Å². The van der Waals surface area contributed by atoms with Gasteiger partial charge in [-0.25, -0.2) is 9.37 Å². The van der Waals surface area contributed by atoms with E-state index in [1.807, 2.05) is 30.3 Å². The predicted molar refractivity (Wildman–Crippen MR) is 82.7 cm³/mol. The first kappa shape index (κ1) is 14.0. The van der Waals surface area contributed by atoms with Gasteiger partial charge >= 0.3 is 0 Å². The molecule has 1 heterocycles. The Bertz CT molecular complexity index is 812. The second-order valence-corrected chi connectivity index (χ2v) is 4.92. The summed E-state index contributed by atoms with van der Waals surface area (Å²) in [7, 11) is 0. The van der Waals surface area contributed by atoms with Crippen LogP contribution in [0.2, 0.25) is 0 Å². The van der Waals surface area contributed by atoms with Crippen LogP contribution in [0, 0.1) is 12.7 Å². The fourth-order valence-electron chi connectivity index (χ4n) is 2.05. The molecule has 110 valence electrons. The molecule has 0 bridgehead atoms. The van der Waals surface area contributed by atoms with Gasteiger partial charge in [-0.3, -0.25) is 4.79 Å². The van der Waals surface area contributed by atoms with Crippen LogP contribution in [-0.4, -0.2) is 15.5 Å². The SMILES string of the molecule is Cc1ccc(NC(=O)c2cn(-c3ccccc3)cn2)cc1F. The Morgan fingerprint density at radius 3 is 2.68 bits per heavy atom. The summed E-state index contributed by atoms with van der Waals surface area (Å²) in [6.07, 6.45) is 3.20. The first-order chi connectivity index (χ1) is 10.6. The molecule has 0 unspecified atom stereocenters. The van der Waals surface area contributed by atoms with Gasteiger partial charge in [-0.05, 0) is 36.8 Å². The van der Waals surface area contributed by atoms with E-state index in [1.54, 1.807) is 36.1 Å². The molecule has 3 rings (SSSR count). The number of para-hydroxylation sites is 1. The summed E-state index contributed by atoms with van der Waals surface area (Å²) in [5.41, 5.74) is 2.12. The van der Waals surface area contributed by atoms with Crippen molar-refractivity contribution in [2.24, 2.45) is 0 Å². The van der Waals surface area contributed by atoms with Crippen LogP contribution in [0.1, 0.15) is 16.1 Å². The summed E-state index contributed by atoms with van der Waals surface area (Å²) < 4.78 is 15.2. The molecule has 1 amide bonds. The summed E-state index contributed by atoms with van der Waals surface area (Å²) in [5.74, 6) is -0.731. The second-order valence-electron chi connectivity index (χ2n) is 4.92. The van der Waals surface area contributed by atoms with E-state index in [1.165, 1.54) is 6.07 Å². The van der Waals surface area contributed by atoms with Gasteiger partial charge in [-0.1, -0.05) is 24.3 Å². The van der Waals surface area contributed by atoms with E-state index >= 15 is 0 Å². The molecule has 4 nitrogen and oxygen atoms in total. The number of carbonyl (C=O) groups excluding carboxylic acids is 1. The standard InChI is InChI=1S/C17H14FN3O/c1-12-7-8-13(9-15(12)18)20-17(22)16-10-21(11-19-16)14-5-3-2-4-6-14/h2-11H,1H3,(H,20,22). The number of benzene rings is 2. The Balaban J connectivity index is 1.78. The number of hydrogen-bond acceptors (Lipinski definition) is 2. The number of nitrogens with zero attached hydrogens (tertiary/aromatic N) is 2. The molecule has 3 aromatic rings. The van der Waals surface area contributed by atoms with Crippen molar-refractivity contribution in [2.45, 2.75) is 6.92 Å². The predicted octanol–water partition coefficient (Wildman–Crippen LogP) is 3.57. The molecule has 0 saturated heterocycles. The fraction of sp³-hybridized carbons (Fsp3) is 0.0588. The maximum atomic E-state index is 13.5. The third kappa shape index (κ3) is 2.88. The zero-order valence-electron chi connectivity index (χ0n) is 12.0. The van der Waals surface area contributed by atoms with Crippen molar-refractivity contribution >= 4 is 11.6 Å². The highest BCUT2D eigenvalue weighted by Gasteiger charge is 2.11. The van der Waals surface area contributed by atoms with Crippen LogP contribution in [0.3, 0.4) is 0 Å². The number of nitrogens with one attached hydrogen (secondary N) is 1. The summed E-state index contributed by atoms with van der Waals surface area (Å²) >= 11 is 0. The summed E-state index contributed by atoms with van der Waals surface area (Å²) in [4.78, 5) is 16.2. The molecule has 1 N–H and O–H groups in total. The molecule has 0 spiro atoms. The highest BCUT2D eigenvalue weighted by atomic mass is 19.1. The highest BCUT2D eigenvalue weighted by Crippen LogP contribution is 2.15. The Morgan fingerprint density at radius 2 is 1.95 bits per heavy atom. The normalized spacial score (nSPS) is 10.5. The zero-order chi connectivity index (χ0) is 15.5. The van der Waals surface area contributed by atoms with Gasteiger partial charge in [0.25, 0.3) is 5.91 Å². The third-order valence-electron chi connectivity index (χ3n) is 3.30. The lowest BCUT2D eigenvalue weighted by atomic mass is 10.2. The average Bonchev–Trinajstić information content (AvgIpc) is 3.02. The van der Waals surface area contributed by atoms with Crippen molar-refractivity contribution < 1.29 is 9.18 Å². The van der Waals surface area contributed by atoms with Crippen molar-refractivity contribution in [1.29, 1.82) is 0 Å². The molecule has 0 atom stereocenters. The summed E-state index contributed by atoms with van der Waals surface area (Å²) in [6, 6.07) is 14.1. The molecular weight excluding hydrogens is 281 g/mol. The van der Waals surface area contributed by atoms with E-state index in [0.29, 0.717) is 11.3 Å². The average molecular weight is 295 g/mol. The molecular formula is C17H14FN3O. The lowest BCUT2D eigenvalue weighted by molar-refractivity contribution is 0.102. The Morgan fingerprint density at radius 1 is 1.18 bits per heavy atom. The number of rotatable bonds is 3. The van der Waals surface area contributed by atoms with Crippen LogP contribution in [0.4, 0.5) is 10.1 Å². The van der Waals surface area contributed by atoms with Gasteiger partial charge < -0.3 is 9.88 Å². The van der Waals surface area contributed by atoms with Crippen LogP contribution >= 0.6 is 0 Å². The number of aromatic nitrogens is 2. The molecule has 0 fully saturated rings. The molecule has 2 aromatic carbocycles. The van der Waals surface area contributed by atoms with E-state index in [0.717, 1.165) is 5.69 Å². The molecule has 0 aliphatic rings. The maximum absolute atomic E-state index is 13.5. The van der Waals surface area contributed by atoms with Gasteiger partial charge in [-0.2, -0.15) is 0 Å². The van der Waals surface area contributed by atoms with Crippen molar-refractivity contribution in [3.63, 3.8) is 0 Å². The minimum absolute atomic E-state index is 0.268. The van der Waals surface area contributed by atoms with E-state index in [2.05, 4.69) is 10.3 Å². The summed E-state index contributed by atoms with van der Waals surface area (Å²) in [6.45, 7) is 1.67. The van der Waals surface area contributed by atoms with Crippen LogP contribution in [-0.2, 0) is 0 Å². The van der Waals surface area contributed by atoms with E-state index in [9.17, 15) is 9.18 Å². The van der Waals surface area contributed by atoms with Crippen LogP contribution in [0.15, 0.2) is 61.1 Å². The van der Waals surface area contributed by atoms with Crippen molar-refractivity contribution in [2.75, 3.05) is 5.32 Å². The smallest absolute Gasteiger partial charge is 0.275 e. The lowest BCUT2D eigenvalue weighted by Gasteiger charge is -2.04. The van der Waals surface area contributed by atoms with Gasteiger partial charge in [0.15, 0.2) is 0 Å². The Labute approximate surface area is 127 Å². The van der Waals surface area contributed by atoms with E-state index in [-0.39, 0.29) is 17.4 Å². The maximum Gasteiger partial charge on any atom is 0.275 e. The number of carbonyl (C=O) groups is 1. The lowest BCUT2D eigenvalue weighted by Crippen LogP contribution is -2.12. The van der Waals surface area contributed by atoms with Crippen molar-refractivity contribution in [3.8, 4) is 5.69 Å². The first-order valence-electron chi connectivity index (χ1n) is 6.80. The molecule has 0 aliphatic heterocycles. The molecule has 1 aromatic heterocycles. The quantitative estimate of drug-likeness (QED) is 0.803. The second kappa shape index (κ2) is 5.81. The molecule has 0 saturated carbocycles. The highest BCUT2D eigenvalue weighted by molar-refractivity contribution is 6.02. The first-order valence-corrected chi connectivity index (χ1v) is 6.80. The van der Waals surface area contributed by atoms with Gasteiger partial charge in [0.2, 0.25) is 0 Å². The van der Waals surface area contributed by atoms with Gasteiger partial charge in [-0.15, -0.1) is 0 Å². The number of amides is 1. The Hall–Kier alpha value is -2.95. The molecule has 0 aliphatic carbocycles. The molecule has 22 heavy (non-hydrogen) atoms. The zero-order valence-corrected chi connectivity index (χ0v) is 12.0. The monoisotopic (exact) mass is 295 g/mol. The number of hydrogen-bond donors (Lipinski definition) is 1. The Kier molecular flexibility index (Phi) is 3.70. The van der Waals surface area contributed by atoms with Crippen molar-refractivity contribution in [3.05, 3.63) is 78.1 Å². The number of aryl methyl sites for hydroxylation is 1. The third-order valence-corrected chi connectivity index (χ3v) is 3.30. The van der Waals surface area contributed by atoms with Crippen LogP contribution in [0.5, 0.6) is 0 Å². The number of imidazole rings is 1. The van der Waals surface area contributed by atoms with Crippen LogP contribution in [0.25, 0.3) is 5.69 Å². The summed E-state index contributed by atoms with van der Waals surface area (Å²) in [5, 5.41) is 2.64. The largest absolute Gasteiger partial charge is 0.321 e. The topological polar surface area (TPSA) is 46.9 Å². The number of halogens is 1. The van der Waals surface area contributed by atoms with E-state index < -0.39 is 0 Å². The van der Waals surface area contributed by atoms with Gasteiger partial charge in [0.05, 0.1) is 0 Å². The minimum Gasteiger partial charge on any atom is -0.321 e. The van der Waals surface area contributed by atoms with Gasteiger partial charge in [0, 0.05) is 17.6 Å². The molecule has 5 heteroatoms. The minimum atomic E-state index is -0.377. The fourth-order valence-corrected chi connectivity index (χ4v) is 2.05. The van der Waals surface area contributed by atoms with Crippen molar-refractivity contribution in [1.82, 2.24) is 9.55 Å². The van der Waals surface area contributed by atoms with Gasteiger partial charge in [0.1, 0.15) is 17.8 Å². The number of anilines is 1.